The Morgan fingerprint density at radius 1 is 1.11 bits per heavy atom. The summed E-state index contributed by atoms with van der Waals surface area (Å²) >= 11 is 0. The first-order valence-electron chi connectivity index (χ1n) is 15.6. The van der Waals surface area contributed by atoms with Gasteiger partial charge >= 0.3 is 12.2 Å². The zero-order chi connectivity index (χ0) is 31.1. The number of carbonyl (C=O) groups excluding carboxylic acids is 1. The smallest absolute Gasteiger partial charge is 0.416 e. The molecule has 2 amide bonds. The SMILES string of the molecule is CC[C@H]1CN(C(=O)Nc2ccc(CN3CCNCC3)c(C(F)(F)F)c2)Cc2cc(Oc3ccnc4[nH]c(C5CC5)cc34)cnc21. The van der Waals surface area contributed by atoms with Gasteiger partial charge in [0.15, 0.2) is 0 Å². The summed E-state index contributed by atoms with van der Waals surface area (Å²) in [6, 6.07) is 9.44. The van der Waals surface area contributed by atoms with E-state index in [-0.39, 0.29) is 30.3 Å². The number of alkyl halides is 3. The first-order chi connectivity index (χ1) is 21.7. The Kier molecular flexibility index (Phi) is 7.86. The second-order valence-electron chi connectivity index (χ2n) is 12.2. The molecule has 1 aromatic carbocycles. The van der Waals surface area contributed by atoms with E-state index >= 15 is 0 Å². The third kappa shape index (κ3) is 6.34. The van der Waals surface area contributed by atoms with E-state index in [2.05, 4.69) is 26.7 Å². The molecule has 4 aromatic rings. The number of urea groups is 1. The van der Waals surface area contributed by atoms with Gasteiger partial charge in [-0.3, -0.25) is 9.88 Å². The molecule has 1 aliphatic carbocycles. The van der Waals surface area contributed by atoms with Gasteiger partial charge in [-0.25, -0.2) is 9.78 Å². The molecule has 2 aliphatic heterocycles. The van der Waals surface area contributed by atoms with Crippen LogP contribution in [0.4, 0.5) is 23.7 Å². The van der Waals surface area contributed by atoms with Crippen molar-refractivity contribution in [2.45, 2.75) is 57.3 Å². The fourth-order valence-electron chi connectivity index (χ4n) is 6.37. The molecule has 12 heteroatoms. The molecule has 3 aromatic heterocycles. The van der Waals surface area contributed by atoms with Crippen LogP contribution >= 0.6 is 0 Å². The average Bonchev–Trinajstić information content (AvgIpc) is 3.79. The molecule has 3 N–H and O–H groups in total. The molecular formula is C33H36F3N7O2. The topological polar surface area (TPSA) is 98.4 Å². The van der Waals surface area contributed by atoms with Crippen molar-refractivity contribution in [3.8, 4) is 11.5 Å². The maximum atomic E-state index is 14.1. The number of nitrogens with zero attached hydrogens (tertiary/aromatic N) is 4. The maximum absolute atomic E-state index is 14.1. The lowest BCUT2D eigenvalue weighted by molar-refractivity contribution is -0.138. The van der Waals surface area contributed by atoms with E-state index in [0.29, 0.717) is 37.1 Å². The number of aromatic amines is 1. The lowest BCUT2D eigenvalue weighted by Gasteiger charge is -2.34. The fraction of sp³-hybridized carbons (Fsp3) is 0.424. The van der Waals surface area contributed by atoms with Crippen LogP contribution in [0.15, 0.2) is 48.8 Å². The van der Waals surface area contributed by atoms with Crippen LogP contribution in [0, 0.1) is 0 Å². The highest BCUT2D eigenvalue weighted by Gasteiger charge is 2.35. The lowest BCUT2D eigenvalue weighted by Crippen LogP contribution is -2.43. The van der Waals surface area contributed by atoms with E-state index in [4.69, 9.17) is 9.72 Å². The highest BCUT2D eigenvalue weighted by atomic mass is 19.4. The molecule has 0 spiro atoms. The molecule has 0 unspecified atom stereocenters. The zero-order valence-electron chi connectivity index (χ0n) is 25.1. The van der Waals surface area contributed by atoms with Gasteiger partial charge in [-0.15, -0.1) is 0 Å². The van der Waals surface area contributed by atoms with Gasteiger partial charge < -0.3 is 25.3 Å². The van der Waals surface area contributed by atoms with Gasteiger partial charge in [0.2, 0.25) is 0 Å². The highest BCUT2D eigenvalue weighted by Crippen LogP contribution is 2.42. The molecule has 5 heterocycles. The number of aromatic nitrogens is 3. The van der Waals surface area contributed by atoms with Gasteiger partial charge in [0.05, 0.1) is 22.8 Å². The van der Waals surface area contributed by atoms with Crippen molar-refractivity contribution in [3.63, 3.8) is 0 Å². The predicted octanol–water partition coefficient (Wildman–Crippen LogP) is 6.59. The minimum absolute atomic E-state index is 0.0147. The van der Waals surface area contributed by atoms with Crippen LogP contribution < -0.4 is 15.4 Å². The minimum Gasteiger partial charge on any atom is -0.455 e. The van der Waals surface area contributed by atoms with Gasteiger partial charge in [0.1, 0.15) is 17.1 Å². The third-order valence-electron chi connectivity index (χ3n) is 8.97. The third-order valence-corrected chi connectivity index (χ3v) is 8.97. The summed E-state index contributed by atoms with van der Waals surface area (Å²) < 4.78 is 48.5. The summed E-state index contributed by atoms with van der Waals surface area (Å²) in [7, 11) is 0. The summed E-state index contributed by atoms with van der Waals surface area (Å²) in [5.41, 5.74) is 3.29. The number of amides is 2. The summed E-state index contributed by atoms with van der Waals surface area (Å²) in [6.45, 7) is 5.78. The molecule has 2 fully saturated rings. The van der Waals surface area contributed by atoms with Gasteiger partial charge in [0, 0.05) is 69.3 Å². The van der Waals surface area contributed by atoms with Crippen molar-refractivity contribution in [1.82, 2.24) is 30.1 Å². The van der Waals surface area contributed by atoms with Crippen LogP contribution in [-0.2, 0) is 19.3 Å². The Bertz CT molecular complexity index is 1710. The van der Waals surface area contributed by atoms with E-state index in [1.165, 1.54) is 24.6 Å². The number of piperazine rings is 1. The van der Waals surface area contributed by atoms with Crippen molar-refractivity contribution in [3.05, 3.63) is 76.9 Å². The first-order valence-corrected chi connectivity index (χ1v) is 15.6. The lowest BCUT2D eigenvalue weighted by atomic mass is 9.92. The predicted molar refractivity (Wildman–Crippen MR) is 164 cm³/mol. The van der Waals surface area contributed by atoms with E-state index in [1.54, 1.807) is 23.4 Å². The first kappa shape index (κ1) is 29.5. The normalized spacial score (nSPS) is 19.0. The van der Waals surface area contributed by atoms with Crippen LogP contribution in [0.1, 0.15) is 66.1 Å². The number of hydrogen-bond donors (Lipinski definition) is 3. The number of fused-ring (bicyclic) bond motifs is 2. The van der Waals surface area contributed by atoms with Crippen LogP contribution in [0.2, 0.25) is 0 Å². The fourth-order valence-corrected chi connectivity index (χ4v) is 6.37. The Labute approximate surface area is 259 Å². The van der Waals surface area contributed by atoms with E-state index in [0.717, 1.165) is 47.9 Å². The van der Waals surface area contributed by atoms with Gasteiger partial charge in [0.25, 0.3) is 0 Å². The Morgan fingerprint density at radius 2 is 1.93 bits per heavy atom. The molecule has 9 nitrogen and oxygen atoms in total. The van der Waals surface area contributed by atoms with Gasteiger partial charge in [-0.2, -0.15) is 13.2 Å². The summed E-state index contributed by atoms with van der Waals surface area (Å²) in [5, 5.41) is 6.84. The quantitative estimate of drug-likeness (QED) is 0.216. The van der Waals surface area contributed by atoms with Crippen molar-refractivity contribution in [1.29, 1.82) is 0 Å². The number of halogens is 3. The molecule has 7 rings (SSSR count). The Hall–Kier alpha value is -4.16. The second kappa shape index (κ2) is 12.0. The molecule has 1 saturated heterocycles. The Balaban J connectivity index is 1.08. The number of nitrogens with one attached hydrogen (secondary N) is 3. The van der Waals surface area contributed by atoms with Crippen LogP contribution in [-0.4, -0.2) is 63.5 Å². The number of H-pyrrole nitrogens is 1. The van der Waals surface area contributed by atoms with Gasteiger partial charge in [-0.1, -0.05) is 13.0 Å². The number of hydrogen-bond acceptors (Lipinski definition) is 6. The molecule has 45 heavy (non-hydrogen) atoms. The molecule has 0 radical (unpaired) electrons. The molecule has 0 bridgehead atoms. The number of rotatable bonds is 7. The van der Waals surface area contributed by atoms with Crippen LogP contribution in [0.25, 0.3) is 11.0 Å². The zero-order valence-corrected chi connectivity index (χ0v) is 25.1. The van der Waals surface area contributed by atoms with E-state index in [1.807, 2.05) is 24.0 Å². The van der Waals surface area contributed by atoms with Crippen molar-refractivity contribution >= 4 is 22.8 Å². The molecule has 236 valence electrons. The molecule has 3 aliphatic rings. The maximum Gasteiger partial charge on any atom is 0.416 e. The van der Waals surface area contributed by atoms with E-state index < -0.39 is 17.8 Å². The van der Waals surface area contributed by atoms with Crippen molar-refractivity contribution in [2.24, 2.45) is 0 Å². The number of pyridine rings is 2. The summed E-state index contributed by atoms with van der Waals surface area (Å²) in [4.78, 5) is 29.6. The minimum atomic E-state index is -4.54. The molecule has 1 atom stereocenters. The van der Waals surface area contributed by atoms with Crippen LogP contribution in [0.5, 0.6) is 11.5 Å². The number of carbonyl (C=O) groups is 1. The standard InChI is InChI=1S/C33H36F3N7O2/c1-2-20-18-43(32(44)40-24-6-5-22(27(14-24)33(34,35)36)17-42-11-9-37-10-12-42)19-23-13-25(16-39-30(20)23)45-29-7-8-38-31-26(29)15-28(41-31)21-3-4-21/h5-8,13-16,20-21,37H,2-4,9-12,17-19H2,1H3,(H,38,41)(H,40,44)/t20-/m0/s1. The van der Waals surface area contributed by atoms with Crippen molar-refractivity contribution < 1.29 is 22.7 Å². The van der Waals surface area contributed by atoms with Gasteiger partial charge in [-0.05, 0) is 66.6 Å². The molecule has 1 saturated carbocycles. The summed E-state index contributed by atoms with van der Waals surface area (Å²) in [5.74, 6) is 1.75. The average molecular weight is 620 g/mol. The number of ether oxygens (including phenoxy) is 1. The Morgan fingerprint density at radius 3 is 2.69 bits per heavy atom. The van der Waals surface area contributed by atoms with Crippen LogP contribution in [0.3, 0.4) is 0 Å². The number of anilines is 1. The van der Waals surface area contributed by atoms with E-state index in [9.17, 15) is 18.0 Å². The largest absolute Gasteiger partial charge is 0.455 e. The molecular weight excluding hydrogens is 583 g/mol. The highest BCUT2D eigenvalue weighted by molar-refractivity contribution is 5.89. The summed E-state index contributed by atoms with van der Waals surface area (Å²) in [6.07, 6.45) is 1.97. The second-order valence-corrected chi connectivity index (χ2v) is 12.2. The monoisotopic (exact) mass is 619 g/mol. The number of benzene rings is 1. The van der Waals surface area contributed by atoms with Crippen molar-refractivity contribution in [2.75, 3.05) is 38.0 Å².